The second-order valence-corrected chi connectivity index (χ2v) is 10.7. The molecule has 0 unspecified atom stereocenters. The molecule has 0 aliphatic carbocycles. The molecule has 0 radical (unpaired) electrons. The quantitative estimate of drug-likeness (QED) is 0.351. The Morgan fingerprint density at radius 1 is 0.579 bits per heavy atom. The molecule has 192 valence electrons. The fourth-order valence-electron chi connectivity index (χ4n) is 5.70. The minimum absolute atomic E-state index is 0.0282. The molecule has 0 bridgehead atoms. The Hall–Kier alpha value is -3.73. The average molecular weight is 502 g/mol. The van der Waals surface area contributed by atoms with E-state index in [-0.39, 0.29) is 5.91 Å². The summed E-state index contributed by atoms with van der Waals surface area (Å²) in [5, 5.41) is 3.08. The van der Waals surface area contributed by atoms with E-state index in [1.54, 1.807) is 0 Å². The van der Waals surface area contributed by atoms with Gasteiger partial charge in [-0.3, -0.25) is 14.6 Å². The van der Waals surface area contributed by atoms with Crippen molar-refractivity contribution >= 4 is 5.91 Å². The first-order valence-corrected chi connectivity index (χ1v) is 13.7. The number of fused-ring (bicyclic) bond motifs is 2. The molecule has 4 aromatic carbocycles. The van der Waals surface area contributed by atoms with Crippen LogP contribution in [0.25, 0.3) is 0 Å². The molecule has 1 N–H and O–H groups in total. The molecule has 0 spiro atoms. The lowest BCUT2D eigenvalue weighted by Gasteiger charge is -2.28. The Morgan fingerprint density at radius 2 is 1.03 bits per heavy atom. The van der Waals surface area contributed by atoms with Crippen LogP contribution in [0.2, 0.25) is 0 Å². The maximum atomic E-state index is 12.8. The number of carbonyl (C=O) groups excluding carboxylic acids is 1. The van der Waals surface area contributed by atoms with Crippen LogP contribution in [-0.2, 0) is 45.6 Å². The van der Waals surface area contributed by atoms with E-state index in [0.717, 1.165) is 57.7 Å². The summed E-state index contributed by atoms with van der Waals surface area (Å²) in [6.07, 6.45) is 2.22. The summed E-state index contributed by atoms with van der Waals surface area (Å²) in [6, 6.07) is 34.2. The third-order valence-corrected chi connectivity index (χ3v) is 7.92. The van der Waals surface area contributed by atoms with Crippen LogP contribution in [0.15, 0.2) is 97.1 Å². The predicted molar refractivity (Wildman–Crippen MR) is 153 cm³/mol. The number of hydrogen-bond acceptors (Lipinski definition) is 3. The minimum Gasteiger partial charge on any atom is -0.348 e. The van der Waals surface area contributed by atoms with Crippen LogP contribution in [0.5, 0.6) is 0 Å². The molecule has 0 saturated carbocycles. The summed E-state index contributed by atoms with van der Waals surface area (Å²) >= 11 is 0. The summed E-state index contributed by atoms with van der Waals surface area (Å²) in [6.45, 7) is 6.57. The topological polar surface area (TPSA) is 35.6 Å². The molecule has 4 aromatic rings. The number of amides is 1. The number of hydrogen-bond donors (Lipinski definition) is 1. The summed E-state index contributed by atoms with van der Waals surface area (Å²) in [5.41, 5.74) is 10.2. The molecular weight excluding hydrogens is 466 g/mol. The molecule has 0 atom stereocenters. The minimum atomic E-state index is -0.0282. The molecular formula is C34H35N3O. The number of carbonyl (C=O) groups is 1. The van der Waals surface area contributed by atoms with Gasteiger partial charge in [0.1, 0.15) is 0 Å². The van der Waals surface area contributed by atoms with Crippen LogP contribution >= 0.6 is 0 Å². The number of nitrogens with zero attached hydrogens (tertiary/aromatic N) is 2. The summed E-state index contributed by atoms with van der Waals surface area (Å²) < 4.78 is 0. The summed E-state index contributed by atoms with van der Waals surface area (Å²) in [4.78, 5) is 17.7. The first kappa shape index (κ1) is 24.6. The highest BCUT2D eigenvalue weighted by Gasteiger charge is 2.17. The lowest BCUT2D eigenvalue weighted by atomic mass is 9.99. The number of nitrogens with one attached hydrogen (secondary N) is 1. The predicted octanol–water partition coefficient (Wildman–Crippen LogP) is 5.73. The molecule has 0 aromatic heterocycles. The first-order valence-electron chi connectivity index (χ1n) is 13.7. The molecule has 4 heteroatoms. The highest BCUT2D eigenvalue weighted by atomic mass is 16.1. The molecule has 6 rings (SSSR count). The van der Waals surface area contributed by atoms with E-state index in [1.165, 1.54) is 33.4 Å². The van der Waals surface area contributed by atoms with Crippen LogP contribution in [0.4, 0.5) is 0 Å². The Morgan fingerprint density at radius 3 is 1.55 bits per heavy atom. The van der Waals surface area contributed by atoms with Gasteiger partial charge in [-0.25, -0.2) is 0 Å². The molecule has 1 amide bonds. The van der Waals surface area contributed by atoms with E-state index in [0.29, 0.717) is 12.1 Å². The molecule has 0 saturated heterocycles. The Kier molecular flexibility index (Phi) is 7.34. The third kappa shape index (κ3) is 5.88. The fourth-order valence-corrected chi connectivity index (χ4v) is 5.70. The van der Waals surface area contributed by atoms with Crippen LogP contribution < -0.4 is 5.32 Å². The average Bonchev–Trinajstić information content (AvgIpc) is 2.97. The van der Waals surface area contributed by atoms with Gasteiger partial charge < -0.3 is 5.32 Å². The van der Waals surface area contributed by atoms with Gasteiger partial charge in [0, 0.05) is 51.4 Å². The smallest absolute Gasteiger partial charge is 0.251 e. The summed E-state index contributed by atoms with van der Waals surface area (Å²) in [7, 11) is 0. The largest absolute Gasteiger partial charge is 0.348 e. The highest BCUT2D eigenvalue weighted by molar-refractivity contribution is 5.94. The van der Waals surface area contributed by atoms with Gasteiger partial charge in [0.2, 0.25) is 0 Å². The third-order valence-electron chi connectivity index (χ3n) is 7.92. The van der Waals surface area contributed by atoms with Gasteiger partial charge in [-0.05, 0) is 63.9 Å². The molecule has 2 aliphatic heterocycles. The van der Waals surface area contributed by atoms with Crippen molar-refractivity contribution in [3.8, 4) is 0 Å². The SMILES string of the molecule is O=C(NCc1ccc(CN2CCc3ccccc3C2)cc1)c1ccc(CN2CCc3ccccc3C2)cc1. The van der Waals surface area contributed by atoms with E-state index in [9.17, 15) is 4.79 Å². The van der Waals surface area contributed by atoms with E-state index in [1.807, 2.05) is 12.1 Å². The molecule has 2 heterocycles. The fraction of sp³-hybridized carbons (Fsp3) is 0.265. The van der Waals surface area contributed by atoms with Crippen molar-refractivity contribution in [2.75, 3.05) is 13.1 Å². The van der Waals surface area contributed by atoms with Gasteiger partial charge in [-0.2, -0.15) is 0 Å². The van der Waals surface area contributed by atoms with Gasteiger partial charge in [-0.1, -0.05) is 84.9 Å². The standard InChI is InChI=1S/C34H35N3O/c38-34(31-15-13-28(14-16-31)23-37-20-18-30-6-2-4-8-33(30)25-37)35-21-26-9-11-27(12-10-26)22-36-19-17-29-5-1-3-7-32(29)24-36/h1-16H,17-25H2,(H,35,38). The van der Waals surface area contributed by atoms with E-state index in [2.05, 4.69) is 100 Å². The Balaban J connectivity index is 0.975. The number of rotatable bonds is 7. The lowest BCUT2D eigenvalue weighted by Crippen LogP contribution is -2.30. The van der Waals surface area contributed by atoms with Crippen LogP contribution in [0.1, 0.15) is 49.3 Å². The van der Waals surface area contributed by atoms with Gasteiger partial charge >= 0.3 is 0 Å². The normalized spacial score (nSPS) is 15.5. The molecule has 4 nitrogen and oxygen atoms in total. The molecule has 38 heavy (non-hydrogen) atoms. The van der Waals surface area contributed by atoms with Crippen molar-refractivity contribution in [2.24, 2.45) is 0 Å². The zero-order chi connectivity index (χ0) is 25.7. The zero-order valence-electron chi connectivity index (χ0n) is 21.9. The van der Waals surface area contributed by atoms with E-state index >= 15 is 0 Å². The van der Waals surface area contributed by atoms with Crippen LogP contribution in [-0.4, -0.2) is 28.8 Å². The second-order valence-electron chi connectivity index (χ2n) is 10.7. The van der Waals surface area contributed by atoms with Crippen molar-refractivity contribution < 1.29 is 4.79 Å². The van der Waals surface area contributed by atoms with Crippen molar-refractivity contribution in [1.29, 1.82) is 0 Å². The van der Waals surface area contributed by atoms with Gasteiger partial charge in [0.05, 0.1) is 0 Å². The first-order chi connectivity index (χ1) is 18.7. The highest BCUT2D eigenvalue weighted by Crippen LogP contribution is 2.22. The van der Waals surface area contributed by atoms with Crippen molar-refractivity contribution in [1.82, 2.24) is 15.1 Å². The maximum absolute atomic E-state index is 12.8. The van der Waals surface area contributed by atoms with Gasteiger partial charge in [-0.15, -0.1) is 0 Å². The van der Waals surface area contributed by atoms with Crippen molar-refractivity contribution in [2.45, 2.75) is 45.6 Å². The van der Waals surface area contributed by atoms with Crippen molar-refractivity contribution in [3.63, 3.8) is 0 Å². The second kappa shape index (κ2) is 11.3. The van der Waals surface area contributed by atoms with Gasteiger partial charge in [0.25, 0.3) is 5.91 Å². The monoisotopic (exact) mass is 501 g/mol. The van der Waals surface area contributed by atoms with E-state index in [4.69, 9.17) is 0 Å². The maximum Gasteiger partial charge on any atom is 0.251 e. The molecule has 0 fully saturated rings. The van der Waals surface area contributed by atoms with E-state index < -0.39 is 0 Å². The Bertz CT molecular complexity index is 1390. The van der Waals surface area contributed by atoms with Gasteiger partial charge in [0.15, 0.2) is 0 Å². The summed E-state index contributed by atoms with van der Waals surface area (Å²) in [5.74, 6) is -0.0282. The molecule has 2 aliphatic rings. The Labute approximate surface area is 225 Å². The van der Waals surface area contributed by atoms with Crippen LogP contribution in [0.3, 0.4) is 0 Å². The van der Waals surface area contributed by atoms with Crippen LogP contribution in [0, 0.1) is 0 Å². The lowest BCUT2D eigenvalue weighted by molar-refractivity contribution is 0.0951. The van der Waals surface area contributed by atoms with Crippen molar-refractivity contribution in [3.05, 3.63) is 142 Å². The zero-order valence-corrected chi connectivity index (χ0v) is 21.9. The number of benzene rings is 4.